The predicted molar refractivity (Wildman–Crippen MR) is 61.0 cm³/mol. The van der Waals surface area contributed by atoms with Gasteiger partial charge in [-0.15, -0.1) is 0 Å². The van der Waals surface area contributed by atoms with Crippen molar-refractivity contribution in [1.29, 1.82) is 0 Å². The average Bonchev–Trinajstić information content (AvgIpc) is 2.27. The molecule has 0 fully saturated rings. The summed E-state index contributed by atoms with van der Waals surface area (Å²) < 4.78 is 0. The summed E-state index contributed by atoms with van der Waals surface area (Å²) in [6, 6.07) is 5.98. The molecule has 1 unspecified atom stereocenters. The molecule has 0 spiro atoms. The molecule has 1 aliphatic carbocycles. The van der Waals surface area contributed by atoms with Crippen molar-refractivity contribution in [3.63, 3.8) is 0 Å². The Kier molecular flexibility index (Phi) is 2.92. The zero-order chi connectivity index (χ0) is 11.7. The summed E-state index contributed by atoms with van der Waals surface area (Å²) in [5.41, 5.74) is 2.79. The molecule has 0 bridgehead atoms. The van der Waals surface area contributed by atoms with Gasteiger partial charge >= 0.3 is 5.69 Å². The topological polar surface area (TPSA) is 43.5 Å². The monoisotopic (exact) mass is 221 g/mol. The lowest BCUT2D eigenvalue weighted by Gasteiger charge is -2.29. The standard InChI is InChI=1S/C12H17N2O2/c1-13(2)11-5-3-10-8-12(14(15)16)6-4-9(10)7-11/h4,6,8,11H,3,5,7H2,1-2H3,(H,15,16)/q+1. The first-order valence-electron chi connectivity index (χ1n) is 5.52. The minimum atomic E-state index is -0.0711. The lowest BCUT2D eigenvalue weighted by molar-refractivity contribution is -0.729. The van der Waals surface area contributed by atoms with Crippen molar-refractivity contribution in [1.82, 2.24) is 4.90 Å². The third-order valence-corrected chi connectivity index (χ3v) is 3.34. The Morgan fingerprint density at radius 3 is 2.75 bits per heavy atom. The van der Waals surface area contributed by atoms with Gasteiger partial charge in [-0.3, -0.25) is 0 Å². The van der Waals surface area contributed by atoms with Crippen LogP contribution in [0.5, 0.6) is 0 Å². The molecule has 1 aliphatic rings. The third kappa shape index (κ3) is 2.07. The lowest BCUT2D eigenvalue weighted by atomic mass is 9.87. The quantitative estimate of drug-likeness (QED) is 0.776. The van der Waals surface area contributed by atoms with E-state index in [-0.39, 0.29) is 4.92 Å². The average molecular weight is 221 g/mol. The minimum absolute atomic E-state index is 0.0711. The lowest BCUT2D eigenvalue weighted by Crippen LogP contribution is -2.33. The Morgan fingerprint density at radius 2 is 2.12 bits per heavy atom. The Hall–Kier alpha value is -1.42. The largest absolute Gasteiger partial charge is 0.316 e. The number of benzene rings is 1. The van der Waals surface area contributed by atoms with Crippen LogP contribution in [0.4, 0.5) is 5.69 Å². The van der Waals surface area contributed by atoms with Crippen LogP contribution in [0.15, 0.2) is 18.2 Å². The van der Waals surface area contributed by atoms with E-state index in [0.717, 1.165) is 19.3 Å². The van der Waals surface area contributed by atoms with Crippen LogP contribution in [-0.4, -0.2) is 35.2 Å². The molecule has 1 aromatic rings. The number of fused-ring (bicyclic) bond motifs is 1. The predicted octanol–water partition coefficient (Wildman–Crippen LogP) is 1.91. The van der Waals surface area contributed by atoms with Gasteiger partial charge in [0.15, 0.2) is 0 Å². The van der Waals surface area contributed by atoms with Crippen LogP contribution in [0.25, 0.3) is 0 Å². The molecule has 0 radical (unpaired) electrons. The maximum absolute atomic E-state index is 10.8. The summed E-state index contributed by atoms with van der Waals surface area (Å²) in [6.07, 6.45) is 3.10. The van der Waals surface area contributed by atoms with E-state index >= 15 is 0 Å². The number of hydrogen-bond acceptors (Lipinski definition) is 2. The van der Waals surface area contributed by atoms with Crippen LogP contribution in [0, 0.1) is 4.91 Å². The number of rotatable bonds is 2. The van der Waals surface area contributed by atoms with Crippen LogP contribution < -0.4 is 0 Å². The van der Waals surface area contributed by atoms with Gasteiger partial charge in [0.05, 0.1) is 4.91 Å². The van der Waals surface area contributed by atoms with Crippen molar-refractivity contribution in [2.24, 2.45) is 0 Å². The minimum Gasteiger partial charge on any atom is -0.306 e. The van der Waals surface area contributed by atoms with Crippen LogP contribution in [0.2, 0.25) is 0 Å². The number of aryl methyl sites for hydroxylation is 1. The van der Waals surface area contributed by atoms with Crippen molar-refractivity contribution in [3.05, 3.63) is 34.2 Å². The van der Waals surface area contributed by atoms with Crippen LogP contribution in [0.1, 0.15) is 17.5 Å². The fourth-order valence-corrected chi connectivity index (χ4v) is 2.28. The van der Waals surface area contributed by atoms with Crippen LogP contribution in [-0.2, 0) is 12.8 Å². The van der Waals surface area contributed by atoms with E-state index in [2.05, 4.69) is 19.0 Å². The molecular weight excluding hydrogens is 204 g/mol. The Balaban J connectivity index is 2.25. The maximum atomic E-state index is 10.8. The van der Waals surface area contributed by atoms with Crippen molar-refractivity contribution in [2.45, 2.75) is 25.3 Å². The molecule has 0 aliphatic heterocycles. The summed E-state index contributed by atoms with van der Waals surface area (Å²) in [5, 5.41) is 8.84. The molecule has 86 valence electrons. The number of likely N-dealkylation sites (N-methyl/N-ethyl adjacent to an activating group) is 1. The van der Waals surface area contributed by atoms with Gasteiger partial charge in [-0.05, 0) is 44.5 Å². The highest BCUT2D eigenvalue weighted by atomic mass is 16.6. The van der Waals surface area contributed by atoms with Crippen molar-refractivity contribution < 1.29 is 10.1 Å². The van der Waals surface area contributed by atoms with Crippen molar-refractivity contribution in [2.75, 3.05) is 14.1 Å². The molecule has 1 N–H and O–H groups in total. The molecule has 0 heterocycles. The van der Waals surface area contributed by atoms with Gasteiger partial charge in [-0.1, -0.05) is 6.07 Å². The summed E-state index contributed by atoms with van der Waals surface area (Å²) in [5.74, 6) is 0. The van der Waals surface area contributed by atoms with Gasteiger partial charge < -0.3 is 4.90 Å². The van der Waals surface area contributed by atoms with E-state index in [0.29, 0.717) is 11.7 Å². The summed E-state index contributed by atoms with van der Waals surface area (Å²) in [7, 11) is 4.19. The zero-order valence-electron chi connectivity index (χ0n) is 9.68. The highest BCUT2D eigenvalue weighted by molar-refractivity contribution is 5.41. The second-order valence-electron chi connectivity index (χ2n) is 4.59. The number of nitrogens with zero attached hydrogens (tertiary/aromatic N) is 2. The molecule has 0 saturated heterocycles. The molecule has 1 aromatic carbocycles. The van der Waals surface area contributed by atoms with E-state index in [1.165, 1.54) is 11.1 Å². The second kappa shape index (κ2) is 4.22. The fraction of sp³-hybridized carbons (Fsp3) is 0.500. The summed E-state index contributed by atoms with van der Waals surface area (Å²) >= 11 is 0. The smallest absolute Gasteiger partial charge is 0.306 e. The van der Waals surface area contributed by atoms with Gasteiger partial charge in [0.25, 0.3) is 4.92 Å². The Labute approximate surface area is 95.0 Å². The molecule has 1 atom stereocenters. The molecule has 4 nitrogen and oxygen atoms in total. The molecule has 2 rings (SSSR count). The fourth-order valence-electron chi connectivity index (χ4n) is 2.28. The van der Waals surface area contributed by atoms with Crippen LogP contribution >= 0.6 is 0 Å². The highest BCUT2D eigenvalue weighted by Crippen LogP contribution is 2.26. The SMILES string of the molecule is CN(C)C1CCc2cc([N+](=O)O)ccc2C1. The van der Waals surface area contributed by atoms with E-state index in [1.807, 2.05) is 6.07 Å². The van der Waals surface area contributed by atoms with E-state index in [9.17, 15) is 4.91 Å². The van der Waals surface area contributed by atoms with E-state index in [4.69, 9.17) is 5.21 Å². The van der Waals surface area contributed by atoms with E-state index < -0.39 is 0 Å². The highest BCUT2D eigenvalue weighted by Gasteiger charge is 2.22. The van der Waals surface area contributed by atoms with Gasteiger partial charge in [-0.25, -0.2) is 5.21 Å². The molecule has 0 amide bonds. The maximum Gasteiger partial charge on any atom is 0.316 e. The van der Waals surface area contributed by atoms with Crippen molar-refractivity contribution in [3.8, 4) is 0 Å². The first kappa shape index (κ1) is 11.1. The first-order chi connectivity index (χ1) is 7.58. The summed E-state index contributed by atoms with van der Waals surface area (Å²) in [4.78, 5) is 12.9. The Morgan fingerprint density at radius 1 is 1.38 bits per heavy atom. The van der Waals surface area contributed by atoms with Gasteiger partial charge in [0.2, 0.25) is 0 Å². The number of hydrogen-bond donors (Lipinski definition) is 1. The molecule has 4 heteroatoms. The Bertz CT molecular complexity index is 415. The zero-order valence-corrected chi connectivity index (χ0v) is 9.68. The molecule has 0 saturated carbocycles. The van der Waals surface area contributed by atoms with Crippen LogP contribution in [0.3, 0.4) is 0 Å². The molecular formula is C12H17N2O2+. The second-order valence-corrected chi connectivity index (χ2v) is 4.59. The molecule has 16 heavy (non-hydrogen) atoms. The van der Waals surface area contributed by atoms with Gasteiger partial charge in [0.1, 0.15) is 0 Å². The summed E-state index contributed by atoms with van der Waals surface area (Å²) in [6.45, 7) is 0. The first-order valence-corrected chi connectivity index (χ1v) is 5.52. The molecule has 0 aromatic heterocycles. The van der Waals surface area contributed by atoms with Gasteiger partial charge in [-0.2, -0.15) is 0 Å². The van der Waals surface area contributed by atoms with E-state index in [1.54, 1.807) is 12.1 Å². The van der Waals surface area contributed by atoms with Crippen molar-refractivity contribution >= 4 is 5.69 Å². The third-order valence-electron chi connectivity index (χ3n) is 3.34. The van der Waals surface area contributed by atoms with Gasteiger partial charge in [0, 0.05) is 18.2 Å². The normalized spacial score (nSPS) is 19.6.